The molecule has 0 amide bonds. The van der Waals surface area contributed by atoms with Gasteiger partial charge in [-0.25, -0.2) is 0 Å². The van der Waals surface area contributed by atoms with E-state index in [9.17, 15) is 5.11 Å². The van der Waals surface area contributed by atoms with Gasteiger partial charge in [0.25, 0.3) is 0 Å². The van der Waals surface area contributed by atoms with Crippen LogP contribution in [-0.2, 0) is 6.54 Å². The molecule has 1 aromatic rings. The van der Waals surface area contributed by atoms with E-state index < -0.39 is 0 Å². The second-order valence-electron chi connectivity index (χ2n) is 5.07. The maximum absolute atomic E-state index is 9.45. The predicted octanol–water partition coefficient (Wildman–Crippen LogP) is 2.38. The third-order valence-electron chi connectivity index (χ3n) is 3.30. The van der Waals surface area contributed by atoms with E-state index in [1.54, 1.807) is 0 Å². The Labute approximate surface area is 97.9 Å². The summed E-state index contributed by atoms with van der Waals surface area (Å²) in [7, 11) is 0. The summed E-state index contributed by atoms with van der Waals surface area (Å²) in [5.41, 5.74) is 2.74. The molecule has 1 N–H and O–H groups in total. The van der Waals surface area contributed by atoms with Crippen LogP contribution in [0.1, 0.15) is 37.3 Å². The summed E-state index contributed by atoms with van der Waals surface area (Å²) in [5.74, 6) is 0.600. The molecule has 1 fully saturated rings. The average molecular weight is 219 g/mol. The van der Waals surface area contributed by atoms with Crippen LogP contribution in [0.4, 0.5) is 0 Å². The number of likely N-dealkylation sites (tertiary alicyclic amines) is 1. The minimum atomic E-state index is -0.116. The molecule has 2 heteroatoms. The summed E-state index contributed by atoms with van der Waals surface area (Å²) >= 11 is 0. The van der Waals surface area contributed by atoms with Crippen LogP contribution >= 0.6 is 0 Å². The molecule has 88 valence electrons. The van der Waals surface area contributed by atoms with Crippen LogP contribution in [0.25, 0.3) is 0 Å². The van der Waals surface area contributed by atoms with Crippen LogP contribution in [-0.4, -0.2) is 29.2 Å². The molecule has 1 aliphatic rings. The van der Waals surface area contributed by atoms with E-state index in [0.717, 1.165) is 26.1 Å². The largest absolute Gasteiger partial charge is 0.392 e. The molecular weight excluding hydrogens is 198 g/mol. The first kappa shape index (κ1) is 11.6. The van der Waals surface area contributed by atoms with Crippen molar-refractivity contribution in [3.63, 3.8) is 0 Å². The van der Waals surface area contributed by atoms with Gasteiger partial charge in [0.1, 0.15) is 0 Å². The van der Waals surface area contributed by atoms with Crippen LogP contribution in [0.15, 0.2) is 24.3 Å². The minimum absolute atomic E-state index is 0.116. The fourth-order valence-electron chi connectivity index (χ4n) is 2.22. The van der Waals surface area contributed by atoms with Gasteiger partial charge in [-0.2, -0.15) is 0 Å². The summed E-state index contributed by atoms with van der Waals surface area (Å²) in [5, 5.41) is 9.45. The van der Waals surface area contributed by atoms with Crippen molar-refractivity contribution in [2.75, 3.05) is 13.1 Å². The van der Waals surface area contributed by atoms with Crippen molar-refractivity contribution in [1.29, 1.82) is 0 Å². The standard InChI is InChI=1S/C14H21NO/c1-11(2)13-5-3-12(4-6-13)9-15-8-7-14(16)10-15/h3-6,11,14,16H,7-10H2,1-2H3. The highest BCUT2D eigenvalue weighted by Crippen LogP contribution is 2.17. The van der Waals surface area contributed by atoms with Gasteiger partial charge in [-0.1, -0.05) is 38.1 Å². The summed E-state index contributed by atoms with van der Waals surface area (Å²) in [6.45, 7) is 7.24. The molecule has 2 nitrogen and oxygen atoms in total. The van der Waals surface area contributed by atoms with Gasteiger partial charge in [0.05, 0.1) is 6.10 Å². The summed E-state index contributed by atoms with van der Waals surface area (Å²) < 4.78 is 0. The zero-order chi connectivity index (χ0) is 11.5. The van der Waals surface area contributed by atoms with Gasteiger partial charge in [-0.3, -0.25) is 4.90 Å². The molecule has 0 bridgehead atoms. The molecule has 1 atom stereocenters. The van der Waals surface area contributed by atoms with Crippen LogP contribution in [0.5, 0.6) is 0 Å². The minimum Gasteiger partial charge on any atom is -0.392 e. The first-order valence-corrected chi connectivity index (χ1v) is 6.14. The number of β-amino-alcohol motifs (C(OH)–C–C–N with tert-alkyl or cyclic N) is 1. The number of hydrogen-bond donors (Lipinski definition) is 1. The van der Waals surface area contributed by atoms with Crippen molar-refractivity contribution in [2.45, 2.75) is 38.8 Å². The molecular formula is C14H21NO. The smallest absolute Gasteiger partial charge is 0.0679 e. The Balaban J connectivity index is 1.95. The Morgan fingerprint density at radius 3 is 2.50 bits per heavy atom. The van der Waals surface area contributed by atoms with Crippen LogP contribution in [0, 0.1) is 0 Å². The van der Waals surface area contributed by atoms with E-state index in [2.05, 4.69) is 43.0 Å². The van der Waals surface area contributed by atoms with E-state index >= 15 is 0 Å². The van der Waals surface area contributed by atoms with E-state index in [4.69, 9.17) is 0 Å². The van der Waals surface area contributed by atoms with E-state index in [0.29, 0.717) is 5.92 Å². The highest BCUT2D eigenvalue weighted by Gasteiger charge is 2.19. The number of rotatable bonds is 3. The van der Waals surface area contributed by atoms with E-state index in [1.165, 1.54) is 11.1 Å². The molecule has 1 saturated heterocycles. The summed E-state index contributed by atoms with van der Waals surface area (Å²) in [4.78, 5) is 2.31. The fourth-order valence-corrected chi connectivity index (χ4v) is 2.22. The zero-order valence-electron chi connectivity index (χ0n) is 10.2. The Morgan fingerprint density at radius 1 is 1.31 bits per heavy atom. The maximum atomic E-state index is 9.45. The number of benzene rings is 1. The van der Waals surface area contributed by atoms with Gasteiger partial charge in [-0.05, 0) is 23.5 Å². The molecule has 1 aliphatic heterocycles. The molecule has 2 rings (SSSR count). The van der Waals surface area contributed by atoms with Gasteiger partial charge in [-0.15, -0.1) is 0 Å². The fraction of sp³-hybridized carbons (Fsp3) is 0.571. The number of hydrogen-bond acceptors (Lipinski definition) is 2. The van der Waals surface area contributed by atoms with Gasteiger partial charge in [0.2, 0.25) is 0 Å². The van der Waals surface area contributed by atoms with E-state index in [-0.39, 0.29) is 6.10 Å². The number of nitrogens with zero attached hydrogens (tertiary/aromatic N) is 1. The SMILES string of the molecule is CC(C)c1ccc(CN2CCC(O)C2)cc1. The van der Waals surface area contributed by atoms with E-state index in [1.807, 2.05) is 0 Å². The average Bonchev–Trinajstić information content (AvgIpc) is 2.65. The Morgan fingerprint density at radius 2 is 2.00 bits per heavy atom. The topological polar surface area (TPSA) is 23.5 Å². The summed E-state index contributed by atoms with van der Waals surface area (Å²) in [6, 6.07) is 8.85. The lowest BCUT2D eigenvalue weighted by Crippen LogP contribution is -2.21. The third-order valence-corrected chi connectivity index (χ3v) is 3.30. The number of aliphatic hydroxyl groups is 1. The highest BCUT2D eigenvalue weighted by molar-refractivity contribution is 5.24. The lowest BCUT2D eigenvalue weighted by molar-refractivity contribution is 0.175. The first-order chi connectivity index (χ1) is 7.65. The predicted molar refractivity (Wildman–Crippen MR) is 66.4 cm³/mol. The van der Waals surface area contributed by atoms with Crippen molar-refractivity contribution in [3.05, 3.63) is 35.4 Å². The van der Waals surface area contributed by atoms with Crippen molar-refractivity contribution >= 4 is 0 Å². The quantitative estimate of drug-likeness (QED) is 0.843. The van der Waals surface area contributed by atoms with Crippen LogP contribution < -0.4 is 0 Å². The van der Waals surface area contributed by atoms with Crippen molar-refractivity contribution < 1.29 is 5.11 Å². The maximum Gasteiger partial charge on any atom is 0.0679 e. The normalized spacial score (nSPS) is 21.9. The highest BCUT2D eigenvalue weighted by atomic mass is 16.3. The van der Waals surface area contributed by atoms with Crippen molar-refractivity contribution in [3.8, 4) is 0 Å². The van der Waals surface area contributed by atoms with Gasteiger partial charge in [0.15, 0.2) is 0 Å². The molecule has 0 saturated carbocycles. The monoisotopic (exact) mass is 219 g/mol. The Bertz CT molecular complexity index is 331. The molecule has 0 aromatic heterocycles. The Hall–Kier alpha value is -0.860. The van der Waals surface area contributed by atoms with Gasteiger partial charge >= 0.3 is 0 Å². The first-order valence-electron chi connectivity index (χ1n) is 6.14. The van der Waals surface area contributed by atoms with Gasteiger partial charge < -0.3 is 5.11 Å². The lowest BCUT2D eigenvalue weighted by atomic mass is 10.0. The Kier molecular flexibility index (Phi) is 3.62. The molecule has 16 heavy (non-hydrogen) atoms. The molecule has 1 unspecified atom stereocenters. The van der Waals surface area contributed by atoms with Crippen molar-refractivity contribution in [2.24, 2.45) is 0 Å². The van der Waals surface area contributed by atoms with Gasteiger partial charge in [0, 0.05) is 19.6 Å². The third kappa shape index (κ3) is 2.83. The molecule has 1 aromatic carbocycles. The second-order valence-corrected chi connectivity index (χ2v) is 5.07. The molecule has 0 spiro atoms. The van der Waals surface area contributed by atoms with Crippen molar-refractivity contribution in [1.82, 2.24) is 4.90 Å². The second kappa shape index (κ2) is 4.98. The van der Waals surface area contributed by atoms with Crippen LogP contribution in [0.2, 0.25) is 0 Å². The molecule has 0 aliphatic carbocycles. The molecule has 1 heterocycles. The summed E-state index contributed by atoms with van der Waals surface area (Å²) in [6.07, 6.45) is 0.805. The number of aliphatic hydroxyl groups excluding tert-OH is 1. The van der Waals surface area contributed by atoms with Crippen LogP contribution in [0.3, 0.4) is 0 Å². The zero-order valence-corrected chi connectivity index (χ0v) is 10.2. The molecule has 0 radical (unpaired) electrons. The lowest BCUT2D eigenvalue weighted by Gasteiger charge is -2.15.